The van der Waals surface area contributed by atoms with Gasteiger partial charge in [0.1, 0.15) is 0 Å². The molecule has 2 aromatic rings. The highest BCUT2D eigenvalue weighted by Crippen LogP contribution is 2.28. The van der Waals surface area contributed by atoms with Gasteiger partial charge >= 0.3 is 0 Å². The van der Waals surface area contributed by atoms with Gasteiger partial charge in [0.15, 0.2) is 11.5 Å². The van der Waals surface area contributed by atoms with E-state index in [2.05, 4.69) is 47.9 Å². The normalized spacial score (nSPS) is 19.8. The van der Waals surface area contributed by atoms with E-state index in [1.54, 1.807) is 25.3 Å². The van der Waals surface area contributed by atoms with Gasteiger partial charge in [-0.1, -0.05) is 18.2 Å². The lowest BCUT2D eigenvalue weighted by Crippen LogP contribution is -2.43. The molecule has 2 aliphatic rings. The van der Waals surface area contributed by atoms with Crippen LogP contribution in [0.15, 0.2) is 30.3 Å². The van der Waals surface area contributed by atoms with Crippen LogP contribution in [0.3, 0.4) is 0 Å². The van der Waals surface area contributed by atoms with Gasteiger partial charge in [-0.05, 0) is 91.9 Å². The fourth-order valence-electron chi connectivity index (χ4n) is 5.26. The highest BCUT2D eigenvalue weighted by atomic mass is 16.5. The maximum absolute atomic E-state index is 5.47. The van der Waals surface area contributed by atoms with Gasteiger partial charge in [-0.2, -0.15) is 0 Å². The number of benzene rings is 2. The molecule has 168 valence electrons. The SMILES string of the molecule is COc1ccc(CCN2CCCC(CN3CCc4cc(C)c(C)cc4C3)C2)cc1OC. The van der Waals surface area contributed by atoms with Crippen LogP contribution in [0.4, 0.5) is 0 Å². The Morgan fingerprint density at radius 3 is 2.45 bits per heavy atom. The first-order valence-electron chi connectivity index (χ1n) is 11.8. The molecular formula is C27H38N2O2. The average molecular weight is 423 g/mol. The number of ether oxygens (including phenoxy) is 2. The average Bonchev–Trinajstić information content (AvgIpc) is 2.78. The minimum Gasteiger partial charge on any atom is -0.493 e. The summed E-state index contributed by atoms with van der Waals surface area (Å²) in [5.74, 6) is 2.41. The number of aryl methyl sites for hydroxylation is 2. The van der Waals surface area contributed by atoms with Crippen LogP contribution in [0.2, 0.25) is 0 Å². The fourth-order valence-corrected chi connectivity index (χ4v) is 5.26. The fraction of sp³-hybridized carbons (Fsp3) is 0.556. The van der Waals surface area contributed by atoms with E-state index in [0.29, 0.717) is 0 Å². The topological polar surface area (TPSA) is 24.9 Å². The van der Waals surface area contributed by atoms with Crippen LogP contribution in [0, 0.1) is 19.8 Å². The van der Waals surface area contributed by atoms with Crippen molar-refractivity contribution >= 4 is 0 Å². The first-order chi connectivity index (χ1) is 15.1. The number of piperidine rings is 1. The van der Waals surface area contributed by atoms with Crippen LogP contribution < -0.4 is 9.47 Å². The van der Waals surface area contributed by atoms with Gasteiger partial charge < -0.3 is 14.4 Å². The third-order valence-electron chi connectivity index (χ3n) is 7.19. The summed E-state index contributed by atoms with van der Waals surface area (Å²) in [6.07, 6.45) is 4.94. The van der Waals surface area contributed by atoms with Crippen LogP contribution in [-0.4, -0.2) is 56.7 Å². The minimum absolute atomic E-state index is 0.784. The van der Waals surface area contributed by atoms with Crippen LogP contribution in [0.25, 0.3) is 0 Å². The molecule has 2 aromatic carbocycles. The van der Waals surface area contributed by atoms with Gasteiger partial charge in [0.2, 0.25) is 0 Å². The molecule has 1 atom stereocenters. The zero-order chi connectivity index (χ0) is 21.8. The molecule has 0 aliphatic carbocycles. The summed E-state index contributed by atoms with van der Waals surface area (Å²) in [4.78, 5) is 5.36. The van der Waals surface area contributed by atoms with Crippen molar-refractivity contribution in [2.75, 3.05) is 46.9 Å². The lowest BCUT2D eigenvalue weighted by molar-refractivity contribution is 0.127. The first kappa shape index (κ1) is 22.2. The maximum atomic E-state index is 5.47. The third-order valence-corrected chi connectivity index (χ3v) is 7.19. The van der Waals surface area contributed by atoms with Crippen LogP contribution >= 0.6 is 0 Å². The molecule has 0 aromatic heterocycles. The maximum Gasteiger partial charge on any atom is 0.160 e. The van der Waals surface area contributed by atoms with E-state index in [4.69, 9.17) is 9.47 Å². The Hall–Kier alpha value is -2.04. The van der Waals surface area contributed by atoms with Crippen molar-refractivity contribution < 1.29 is 9.47 Å². The van der Waals surface area contributed by atoms with E-state index in [0.717, 1.165) is 36.9 Å². The highest BCUT2D eigenvalue weighted by Gasteiger charge is 2.24. The largest absolute Gasteiger partial charge is 0.493 e. The van der Waals surface area contributed by atoms with E-state index >= 15 is 0 Å². The number of fused-ring (bicyclic) bond motifs is 1. The molecule has 4 nitrogen and oxygen atoms in total. The lowest BCUT2D eigenvalue weighted by atomic mass is 9.92. The number of hydrogen-bond acceptors (Lipinski definition) is 4. The van der Waals surface area contributed by atoms with E-state index < -0.39 is 0 Å². The van der Waals surface area contributed by atoms with E-state index in [-0.39, 0.29) is 0 Å². The minimum atomic E-state index is 0.784. The van der Waals surface area contributed by atoms with Gasteiger partial charge in [0, 0.05) is 32.7 Å². The van der Waals surface area contributed by atoms with Crippen molar-refractivity contribution in [1.82, 2.24) is 9.80 Å². The zero-order valence-corrected chi connectivity index (χ0v) is 19.7. The Morgan fingerprint density at radius 2 is 1.68 bits per heavy atom. The molecule has 1 fully saturated rings. The van der Waals surface area contributed by atoms with Crippen molar-refractivity contribution in [3.63, 3.8) is 0 Å². The molecule has 0 saturated carbocycles. The van der Waals surface area contributed by atoms with Crippen LogP contribution in [-0.2, 0) is 19.4 Å². The molecule has 0 amide bonds. The van der Waals surface area contributed by atoms with Gasteiger partial charge in [-0.25, -0.2) is 0 Å². The molecule has 0 radical (unpaired) electrons. The summed E-state index contributed by atoms with van der Waals surface area (Å²) < 4.78 is 10.8. The number of nitrogens with zero attached hydrogens (tertiary/aromatic N) is 2. The van der Waals surface area contributed by atoms with Crippen molar-refractivity contribution in [2.24, 2.45) is 5.92 Å². The van der Waals surface area contributed by atoms with Gasteiger partial charge in [0.05, 0.1) is 14.2 Å². The van der Waals surface area contributed by atoms with Crippen molar-refractivity contribution in [1.29, 1.82) is 0 Å². The summed E-state index contributed by atoms with van der Waals surface area (Å²) in [6.45, 7) is 11.6. The number of likely N-dealkylation sites (tertiary alicyclic amines) is 1. The Bertz CT molecular complexity index is 895. The molecule has 31 heavy (non-hydrogen) atoms. The van der Waals surface area contributed by atoms with Crippen molar-refractivity contribution in [3.05, 3.63) is 58.1 Å². The molecule has 1 saturated heterocycles. The van der Waals surface area contributed by atoms with E-state index in [1.165, 1.54) is 62.1 Å². The second kappa shape index (κ2) is 10.1. The molecule has 2 heterocycles. The summed E-state index contributed by atoms with van der Waals surface area (Å²) in [5.41, 5.74) is 7.30. The first-order valence-corrected chi connectivity index (χ1v) is 11.8. The summed E-state index contributed by atoms with van der Waals surface area (Å²) in [7, 11) is 3.40. The van der Waals surface area contributed by atoms with Crippen LogP contribution in [0.1, 0.15) is 40.7 Å². The predicted molar refractivity (Wildman–Crippen MR) is 127 cm³/mol. The van der Waals surface area contributed by atoms with Crippen molar-refractivity contribution in [3.8, 4) is 11.5 Å². The van der Waals surface area contributed by atoms with Gasteiger partial charge in [0.25, 0.3) is 0 Å². The monoisotopic (exact) mass is 422 g/mol. The smallest absolute Gasteiger partial charge is 0.160 e. The predicted octanol–water partition coefficient (Wildman–Crippen LogP) is 4.63. The third kappa shape index (κ3) is 5.42. The quantitative estimate of drug-likeness (QED) is 0.649. The van der Waals surface area contributed by atoms with Crippen LogP contribution in [0.5, 0.6) is 11.5 Å². The molecule has 1 unspecified atom stereocenters. The molecule has 2 aliphatic heterocycles. The lowest BCUT2D eigenvalue weighted by Gasteiger charge is -2.37. The second-order valence-electron chi connectivity index (χ2n) is 9.44. The molecule has 4 heteroatoms. The molecular weight excluding hydrogens is 384 g/mol. The van der Waals surface area contributed by atoms with Crippen molar-refractivity contribution in [2.45, 2.75) is 46.1 Å². The Kier molecular flexibility index (Phi) is 7.19. The Morgan fingerprint density at radius 1 is 0.903 bits per heavy atom. The summed E-state index contributed by atoms with van der Waals surface area (Å²) in [6, 6.07) is 11.1. The molecule has 0 bridgehead atoms. The Balaban J connectivity index is 1.29. The second-order valence-corrected chi connectivity index (χ2v) is 9.44. The number of methoxy groups -OCH3 is 2. The number of hydrogen-bond donors (Lipinski definition) is 0. The summed E-state index contributed by atoms with van der Waals surface area (Å²) in [5, 5.41) is 0. The van der Waals surface area contributed by atoms with E-state index in [1.807, 2.05) is 6.07 Å². The molecule has 0 N–H and O–H groups in total. The summed E-state index contributed by atoms with van der Waals surface area (Å²) >= 11 is 0. The Labute approximate surface area is 188 Å². The number of rotatable bonds is 7. The van der Waals surface area contributed by atoms with Gasteiger partial charge in [-0.15, -0.1) is 0 Å². The molecule has 0 spiro atoms. The van der Waals surface area contributed by atoms with E-state index in [9.17, 15) is 0 Å². The highest BCUT2D eigenvalue weighted by molar-refractivity contribution is 5.43. The standard InChI is InChI=1S/C27H38N2O2/c1-20-14-24-10-13-29(19-25(24)15-21(20)2)18-23-6-5-11-28(17-23)12-9-22-7-8-26(30-3)27(16-22)31-4/h7-8,14-16,23H,5-6,9-13,17-19H2,1-4H3. The zero-order valence-electron chi connectivity index (χ0n) is 19.7. The van der Waals surface area contributed by atoms with Gasteiger partial charge in [-0.3, -0.25) is 4.90 Å². The molecule has 4 rings (SSSR count).